The maximum atomic E-state index is 6.40. The fraction of sp³-hybridized carbons (Fsp3) is 0.200. The van der Waals surface area contributed by atoms with Gasteiger partial charge in [-0.3, -0.25) is 4.57 Å². The normalized spacial score (nSPS) is 11.2. The number of ether oxygens (including phenoxy) is 1. The predicted octanol–water partition coefficient (Wildman–Crippen LogP) is 7.67. The van der Waals surface area contributed by atoms with Gasteiger partial charge in [0.2, 0.25) is 0 Å². The van der Waals surface area contributed by atoms with E-state index in [1.54, 1.807) is 24.9 Å². The van der Waals surface area contributed by atoms with Crippen LogP contribution in [0.4, 0.5) is 0 Å². The molecular formula is C25H23Cl2N3OS. The zero-order valence-corrected chi connectivity index (χ0v) is 20.4. The number of nitrogens with zero attached hydrogens (tertiary/aromatic N) is 3. The van der Waals surface area contributed by atoms with Gasteiger partial charge in [-0.2, -0.15) is 0 Å². The third-order valence-electron chi connectivity index (χ3n) is 5.15. The van der Waals surface area contributed by atoms with E-state index in [4.69, 9.17) is 27.9 Å². The van der Waals surface area contributed by atoms with E-state index in [2.05, 4.69) is 46.8 Å². The summed E-state index contributed by atoms with van der Waals surface area (Å²) < 4.78 is 7.44. The highest BCUT2D eigenvalue weighted by Gasteiger charge is 2.20. The molecule has 0 atom stereocenters. The van der Waals surface area contributed by atoms with Gasteiger partial charge in [-0.1, -0.05) is 73.1 Å². The predicted molar refractivity (Wildman–Crippen MR) is 133 cm³/mol. The highest BCUT2D eigenvalue weighted by atomic mass is 35.5. The largest absolute Gasteiger partial charge is 0.497 e. The molecule has 0 bridgehead atoms. The molecule has 0 saturated carbocycles. The van der Waals surface area contributed by atoms with Crippen molar-refractivity contribution in [1.29, 1.82) is 0 Å². The molecule has 164 valence electrons. The smallest absolute Gasteiger partial charge is 0.196 e. The lowest BCUT2D eigenvalue weighted by atomic mass is 10.0. The fourth-order valence-electron chi connectivity index (χ4n) is 3.47. The number of methoxy groups -OCH3 is 1. The second-order valence-corrected chi connectivity index (χ2v) is 9.39. The molecule has 0 amide bonds. The summed E-state index contributed by atoms with van der Waals surface area (Å²) >= 11 is 14.0. The lowest BCUT2D eigenvalue weighted by Crippen LogP contribution is -2.05. The van der Waals surface area contributed by atoms with E-state index in [0.717, 1.165) is 33.5 Å². The average Bonchev–Trinajstić information content (AvgIpc) is 3.22. The molecule has 4 rings (SSSR count). The van der Waals surface area contributed by atoms with E-state index in [1.807, 2.05) is 42.5 Å². The number of hydrogen-bond acceptors (Lipinski definition) is 4. The van der Waals surface area contributed by atoms with Gasteiger partial charge >= 0.3 is 0 Å². The van der Waals surface area contributed by atoms with Crippen LogP contribution in [0.1, 0.15) is 30.9 Å². The van der Waals surface area contributed by atoms with E-state index >= 15 is 0 Å². The van der Waals surface area contributed by atoms with E-state index in [1.165, 1.54) is 5.56 Å². The zero-order chi connectivity index (χ0) is 22.7. The van der Waals surface area contributed by atoms with Crippen LogP contribution in [-0.2, 0) is 5.75 Å². The van der Waals surface area contributed by atoms with Crippen molar-refractivity contribution in [2.45, 2.75) is 30.7 Å². The highest BCUT2D eigenvalue weighted by Crippen LogP contribution is 2.35. The van der Waals surface area contributed by atoms with Gasteiger partial charge in [0.25, 0.3) is 0 Å². The number of benzene rings is 3. The summed E-state index contributed by atoms with van der Waals surface area (Å²) in [6.45, 7) is 4.38. The van der Waals surface area contributed by atoms with Crippen LogP contribution in [0.15, 0.2) is 71.9 Å². The molecule has 0 aliphatic carbocycles. The van der Waals surface area contributed by atoms with Crippen LogP contribution in [-0.4, -0.2) is 21.9 Å². The maximum absolute atomic E-state index is 6.40. The van der Waals surface area contributed by atoms with E-state index in [-0.39, 0.29) is 0 Å². The molecule has 1 heterocycles. The quantitative estimate of drug-likeness (QED) is 0.253. The summed E-state index contributed by atoms with van der Waals surface area (Å²) in [5.41, 5.74) is 4.27. The van der Waals surface area contributed by atoms with Crippen molar-refractivity contribution < 1.29 is 4.74 Å². The van der Waals surface area contributed by atoms with Crippen molar-refractivity contribution in [3.05, 3.63) is 87.9 Å². The molecule has 0 fully saturated rings. The van der Waals surface area contributed by atoms with Crippen LogP contribution in [0.25, 0.3) is 17.1 Å². The van der Waals surface area contributed by atoms with Gasteiger partial charge in [-0.05, 0) is 59.5 Å². The maximum Gasteiger partial charge on any atom is 0.196 e. The van der Waals surface area contributed by atoms with Crippen LogP contribution in [0.3, 0.4) is 0 Å². The second kappa shape index (κ2) is 9.99. The minimum absolute atomic E-state index is 0.348. The molecule has 1 aromatic heterocycles. The topological polar surface area (TPSA) is 39.9 Å². The fourth-order valence-corrected chi connectivity index (χ4v) is 4.97. The summed E-state index contributed by atoms with van der Waals surface area (Å²) in [6, 6.07) is 21.8. The minimum Gasteiger partial charge on any atom is -0.497 e. The molecule has 0 saturated heterocycles. The van der Waals surface area contributed by atoms with Gasteiger partial charge in [0.15, 0.2) is 11.0 Å². The zero-order valence-electron chi connectivity index (χ0n) is 18.0. The lowest BCUT2D eigenvalue weighted by Gasteiger charge is -2.17. The van der Waals surface area contributed by atoms with Crippen molar-refractivity contribution in [3.8, 4) is 22.8 Å². The van der Waals surface area contributed by atoms with Crippen LogP contribution in [0, 0.1) is 0 Å². The molecule has 7 heteroatoms. The van der Waals surface area contributed by atoms with E-state index < -0.39 is 0 Å². The Bertz CT molecular complexity index is 1220. The first kappa shape index (κ1) is 22.7. The SMILES string of the molecule is COc1ccc(-c2nnc(SCc3ccc(Cl)cc3Cl)n2-c2ccccc2C(C)C)cc1. The number of aromatic nitrogens is 3. The summed E-state index contributed by atoms with van der Waals surface area (Å²) in [4.78, 5) is 0. The first-order valence-electron chi connectivity index (χ1n) is 10.2. The Kier molecular flexibility index (Phi) is 7.09. The Hall–Kier alpha value is -2.47. The first-order valence-corrected chi connectivity index (χ1v) is 12.0. The minimum atomic E-state index is 0.348. The number of para-hydroxylation sites is 1. The van der Waals surface area contributed by atoms with Crippen molar-refractivity contribution in [2.24, 2.45) is 0 Å². The van der Waals surface area contributed by atoms with Gasteiger partial charge in [0.1, 0.15) is 5.75 Å². The van der Waals surface area contributed by atoms with Gasteiger partial charge in [-0.25, -0.2) is 0 Å². The second-order valence-electron chi connectivity index (χ2n) is 7.61. The van der Waals surface area contributed by atoms with Crippen molar-refractivity contribution in [1.82, 2.24) is 14.8 Å². The van der Waals surface area contributed by atoms with Gasteiger partial charge in [-0.15, -0.1) is 10.2 Å². The molecule has 0 radical (unpaired) electrons. The third kappa shape index (κ3) is 4.80. The van der Waals surface area contributed by atoms with Gasteiger partial charge in [0.05, 0.1) is 12.8 Å². The summed E-state index contributed by atoms with van der Waals surface area (Å²) in [7, 11) is 1.66. The molecule has 0 N–H and O–H groups in total. The summed E-state index contributed by atoms with van der Waals surface area (Å²) in [6.07, 6.45) is 0. The van der Waals surface area contributed by atoms with Crippen LogP contribution in [0.5, 0.6) is 5.75 Å². The monoisotopic (exact) mass is 483 g/mol. The van der Waals surface area contributed by atoms with Crippen molar-refractivity contribution in [3.63, 3.8) is 0 Å². The summed E-state index contributed by atoms with van der Waals surface area (Å²) in [5.74, 6) is 2.58. The average molecular weight is 484 g/mol. The molecule has 0 aliphatic rings. The molecule has 0 aliphatic heterocycles. The first-order chi connectivity index (χ1) is 15.5. The number of halogens is 2. The van der Waals surface area contributed by atoms with Gasteiger partial charge < -0.3 is 4.74 Å². The Labute approximate surface area is 202 Å². The molecule has 0 unspecified atom stereocenters. The molecule has 4 aromatic rings. The Morgan fingerprint density at radius 3 is 2.41 bits per heavy atom. The standard InChI is InChI=1S/C25H23Cl2N3OS/c1-16(2)21-6-4-5-7-23(21)30-24(17-9-12-20(31-3)13-10-17)28-29-25(30)32-15-18-8-11-19(26)14-22(18)27/h4-14,16H,15H2,1-3H3. The number of hydrogen-bond donors (Lipinski definition) is 0. The third-order valence-corrected chi connectivity index (χ3v) is 6.72. The number of rotatable bonds is 7. The van der Waals surface area contributed by atoms with Crippen LogP contribution in [0.2, 0.25) is 10.0 Å². The lowest BCUT2D eigenvalue weighted by molar-refractivity contribution is 0.415. The van der Waals surface area contributed by atoms with Gasteiger partial charge in [0, 0.05) is 21.4 Å². The molecule has 0 spiro atoms. The summed E-state index contributed by atoms with van der Waals surface area (Å²) in [5, 5.41) is 11.2. The Morgan fingerprint density at radius 2 is 1.72 bits per heavy atom. The van der Waals surface area contributed by atoms with E-state index in [9.17, 15) is 0 Å². The molecular weight excluding hydrogens is 461 g/mol. The molecule has 32 heavy (non-hydrogen) atoms. The Balaban J connectivity index is 1.79. The molecule has 3 aromatic carbocycles. The van der Waals surface area contributed by atoms with E-state index in [0.29, 0.717) is 21.7 Å². The van der Waals surface area contributed by atoms with Crippen LogP contribution >= 0.6 is 35.0 Å². The van der Waals surface area contributed by atoms with Crippen molar-refractivity contribution in [2.75, 3.05) is 7.11 Å². The molecule has 4 nitrogen and oxygen atoms in total. The highest BCUT2D eigenvalue weighted by molar-refractivity contribution is 7.98. The van der Waals surface area contributed by atoms with Crippen LogP contribution < -0.4 is 4.74 Å². The van der Waals surface area contributed by atoms with Crippen molar-refractivity contribution >= 4 is 35.0 Å². The Morgan fingerprint density at radius 1 is 0.969 bits per heavy atom. The number of thioether (sulfide) groups is 1.